The average Bonchev–Trinajstić information content (AvgIpc) is 2.83. The van der Waals surface area contributed by atoms with Gasteiger partial charge < -0.3 is 15.0 Å². The van der Waals surface area contributed by atoms with Gasteiger partial charge in [0.05, 0.1) is 6.61 Å². The van der Waals surface area contributed by atoms with Gasteiger partial charge in [0.15, 0.2) is 0 Å². The predicted octanol–water partition coefficient (Wildman–Crippen LogP) is 0.539. The molecule has 2 aliphatic rings. The van der Waals surface area contributed by atoms with E-state index in [1.807, 2.05) is 6.92 Å². The minimum atomic E-state index is -0.395. The van der Waals surface area contributed by atoms with Gasteiger partial charge >= 0.3 is 0 Å². The molecule has 0 aromatic carbocycles. The second-order valence-electron chi connectivity index (χ2n) is 5.25. The van der Waals surface area contributed by atoms with Crippen LogP contribution in [0.25, 0.3) is 0 Å². The molecule has 18 heavy (non-hydrogen) atoms. The van der Waals surface area contributed by atoms with Gasteiger partial charge in [-0.3, -0.25) is 9.59 Å². The molecule has 0 radical (unpaired) electrons. The quantitative estimate of drug-likeness (QED) is 0.796. The van der Waals surface area contributed by atoms with Gasteiger partial charge in [-0.05, 0) is 19.8 Å². The molecule has 0 aromatic rings. The molecule has 2 rings (SSSR count). The lowest BCUT2D eigenvalue weighted by molar-refractivity contribution is -0.149. The maximum atomic E-state index is 12.2. The fraction of sp³-hybridized carbons (Fsp3) is 0.846. The van der Waals surface area contributed by atoms with Gasteiger partial charge in [-0.15, -0.1) is 0 Å². The molecule has 2 fully saturated rings. The maximum absolute atomic E-state index is 12.2. The van der Waals surface area contributed by atoms with Crippen LogP contribution in [0, 0.1) is 5.92 Å². The Morgan fingerprint density at radius 2 is 2.22 bits per heavy atom. The van der Waals surface area contributed by atoms with Gasteiger partial charge in [-0.1, -0.05) is 13.3 Å². The highest BCUT2D eigenvalue weighted by atomic mass is 16.5. The molecule has 2 aliphatic heterocycles. The van der Waals surface area contributed by atoms with Gasteiger partial charge in [-0.2, -0.15) is 0 Å². The summed E-state index contributed by atoms with van der Waals surface area (Å²) in [6.07, 6.45) is 2.62. The van der Waals surface area contributed by atoms with Crippen LogP contribution in [-0.2, 0) is 14.3 Å². The molecule has 5 heteroatoms. The summed E-state index contributed by atoms with van der Waals surface area (Å²) in [6, 6.07) is -0.688. The van der Waals surface area contributed by atoms with Crippen LogP contribution in [0.4, 0.5) is 0 Å². The van der Waals surface area contributed by atoms with Crippen LogP contribution in [0.2, 0.25) is 0 Å². The Hall–Kier alpha value is -1.10. The van der Waals surface area contributed by atoms with E-state index < -0.39 is 6.04 Å². The molecule has 1 N–H and O–H groups in total. The summed E-state index contributed by atoms with van der Waals surface area (Å²) in [4.78, 5) is 26.0. The molecular formula is C13H22N2O3. The molecule has 3 atom stereocenters. The molecule has 2 heterocycles. The zero-order valence-corrected chi connectivity index (χ0v) is 11.1. The number of amides is 2. The number of nitrogens with one attached hydrogen (secondary N) is 1. The van der Waals surface area contributed by atoms with Crippen LogP contribution in [-0.4, -0.2) is 48.6 Å². The number of hydrogen-bond donors (Lipinski definition) is 1. The second kappa shape index (κ2) is 5.69. The summed E-state index contributed by atoms with van der Waals surface area (Å²) >= 11 is 0. The van der Waals surface area contributed by atoms with E-state index in [1.54, 1.807) is 11.8 Å². The molecule has 0 spiro atoms. The fourth-order valence-corrected chi connectivity index (χ4v) is 2.70. The van der Waals surface area contributed by atoms with Crippen molar-refractivity contribution in [2.75, 3.05) is 19.8 Å². The molecule has 0 saturated carbocycles. The Bertz CT molecular complexity index is 326. The zero-order valence-electron chi connectivity index (χ0n) is 11.1. The molecule has 0 aromatic heterocycles. The summed E-state index contributed by atoms with van der Waals surface area (Å²) in [6.45, 7) is 5.92. The van der Waals surface area contributed by atoms with Crippen molar-refractivity contribution in [1.82, 2.24) is 10.2 Å². The number of nitrogens with zero attached hydrogens (tertiary/aromatic N) is 1. The Labute approximate surface area is 108 Å². The van der Waals surface area contributed by atoms with Crippen molar-refractivity contribution in [1.29, 1.82) is 0 Å². The molecule has 2 saturated heterocycles. The molecule has 5 nitrogen and oxygen atoms in total. The molecular weight excluding hydrogens is 232 g/mol. The normalized spacial score (nSPS) is 32.8. The Balaban J connectivity index is 2.08. The first-order valence-corrected chi connectivity index (χ1v) is 6.82. The number of hydrogen-bond acceptors (Lipinski definition) is 3. The monoisotopic (exact) mass is 254 g/mol. The summed E-state index contributed by atoms with van der Waals surface area (Å²) in [7, 11) is 0. The predicted molar refractivity (Wildman–Crippen MR) is 66.9 cm³/mol. The van der Waals surface area contributed by atoms with Gasteiger partial charge in [0.25, 0.3) is 0 Å². The van der Waals surface area contributed by atoms with E-state index in [9.17, 15) is 9.59 Å². The van der Waals surface area contributed by atoms with Crippen LogP contribution < -0.4 is 5.32 Å². The highest BCUT2D eigenvalue weighted by Gasteiger charge is 2.39. The lowest BCUT2D eigenvalue weighted by atomic mass is 10.0. The largest absolute Gasteiger partial charge is 0.381 e. The van der Waals surface area contributed by atoms with E-state index in [4.69, 9.17) is 4.74 Å². The molecule has 3 unspecified atom stereocenters. The van der Waals surface area contributed by atoms with E-state index in [-0.39, 0.29) is 17.9 Å². The highest BCUT2D eigenvalue weighted by molar-refractivity contribution is 5.96. The van der Waals surface area contributed by atoms with Crippen LogP contribution >= 0.6 is 0 Å². The van der Waals surface area contributed by atoms with Crippen molar-refractivity contribution in [2.24, 2.45) is 5.92 Å². The first-order valence-electron chi connectivity index (χ1n) is 6.82. The van der Waals surface area contributed by atoms with Crippen molar-refractivity contribution in [3.8, 4) is 0 Å². The summed E-state index contributed by atoms with van der Waals surface area (Å²) in [5.41, 5.74) is 0. The second-order valence-corrected chi connectivity index (χ2v) is 5.25. The summed E-state index contributed by atoms with van der Waals surface area (Å²) < 4.78 is 5.34. The number of carbonyl (C=O) groups is 2. The topological polar surface area (TPSA) is 58.6 Å². The van der Waals surface area contributed by atoms with Gasteiger partial charge in [0, 0.05) is 19.1 Å². The third-order valence-corrected chi connectivity index (χ3v) is 3.73. The highest BCUT2D eigenvalue weighted by Crippen LogP contribution is 2.20. The fourth-order valence-electron chi connectivity index (χ4n) is 2.70. The van der Waals surface area contributed by atoms with Crippen molar-refractivity contribution in [2.45, 2.75) is 45.2 Å². The van der Waals surface area contributed by atoms with E-state index in [1.165, 1.54) is 0 Å². The molecule has 102 valence electrons. The number of ether oxygens (including phenoxy) is 1. The third kappa shape index (κ3) is 2.66. The maximum Gasteiger partial charge on any atom is 0.245 e. The SMILES string of the molecule is CCCC1C(=O)NC(C)C(=O)N1CC1CCOC1. The first-order chi connectivity index (χ1) is 8.63. The van der Waals surface area contributed by atoms with Gasteiger partial charge in [0.1, 0.15) is 12.1 Å². The van der Waals surface area contributed by atoms with Crippen LogP contribution in [0.15, 0.2) is 0 Å². The minimum Gasteiger partial charge on any atom is -0.381 e. The van der Waals surface area contributed by atoms with Crippen molar-refractivity contribution in [3.05, 3.63) is 0 Å². The summed E-state index contributed by atoms with van der Waals surface area (Å²) in [5, 5.41) is 2.76. The van der Waals surface area contributed by atoms with Crippen molar-refractivity contribution in [3.63, 3.8) is 0 Å². The number of carbonyl (C=O) groups excluding carboxylic acids is 2. The van der Waals surface area contributed by atoms with Crippen molar-refractivity contribution < 1.29 is 14.3 Å². The third-order valence-electron chi connectivity index (χ3n) is 3.73. The lowest BCUT2D eigenvalue weighted by Gasteiger charge is -2.39. The lowest BCUT2D eigenvalue weighted by Crippen LogP contribution is -2.63. The standard InChI is InChI=1S/C13H22N2O3/c1-3-4-11-12(16)14-9(2)13(17)15(11)7-10-5-6-18-8-10/h9-11H,3-8H2,1-2H3,(H,14,16). The molecule has 0 bridgehead atoms. The Morgan fingerprint density at radius 3 is 2.83 bits per heavy atom. The van der Waals surface area contributed by atoms with E-state index in [2.05, 4.69) is 5.32 Å². The number of piperazine rings is 1. The van der Waals surface area contributed by atoms with E-state index in [0.717, 1.165) is 25.9 Å². The van der Waals surface area contributed by atoms with Crippen LogP contribution in [0.3, 0.4) is 0 Å². The van der Waals surface area contributed by atoms with E-state index >= 15 is 0 Å². The van der Waals surface area contributed by atoms with Crippen LogP contribution in [0.5, 0.6) is 0 Å². The summed E-state index contributed by atoms with van der Waals surface area (Å²) in [5.74, 6) is 0.411. The molecule has 2 amide bonds. The minimum absolute atomic E-state index is 0.0112. The Kier molecular flexibility index (Phi) is 4.22. The zero-order chi connectivity index (χ0) is 13.1. The smallest absolute Gasteiger partial charge is 0.245 e. The molecule has 0 aliphatic carbocycles. The van der Waals surface area contributed by atoms with Gasteiger partial charge in [0.2, 0.25) is 11.8 Å². The first kappa shape index (κ1) is 13.3. The van der Waals surface area contributed by atoms with Gasteiger partial charge in [-0.25, -0.2) is 0 Å². The number of rotatable bonds is 4. The Morgan fingerprint density at radius 1 is 1.44 bits per heavy atom. The average molecular weight is 254 g/mol. The van der Waals surface area contributed by atoms with Crippen LogP contribution in [0.1, 0.15) is 33.1 Å². The van der Waals surface area contributed by atoms with Crippen molar-refractivity contribution >= 4 is 11.8 Å². The van der Waals surface area contributed by atoms with E-state index in [0.29, 0.717) is 19.1 Å².